The van der Waals surface area contributed by atoms with Crippen molar-refractivity contribution in [3.8, 4) is 0 Å². The molecule has 0 unspecified atom stereocenters. The molecule has 0 fully saturated rings. The van der Waals surface area contributed by atoms with Gasteiger partial charge in [0.15, 0.2) is 0 Å². The fourth-order valence-corrected chi connectivity index (χ4v) is 1.51. The summed E-state index contributed by atoms with van der Waals surface area (Å²) in [5, 5.41) is 4.41. The molecule has 1 aromatic carbocycles. The van der Waals surface area contributed by atoms with Gasteiger partial charge in [-0.2, -0.15) is 13.2 Å². The van der Waals surface area contributed by atoms with E-state index in [9.17, 15) is 22.8 Å². The van der Waals surface area contributed by atoms with Gasteiger partial charge in [0.2, 0.25) is 5.91 Å². The van der Waals surface area contributed by atoms with Gasteiger partial charge >= 0.3 is 6.18 Å². The van der Waals surface area contributed by atoms with E-state index in [0.717, 1.165) is 0 Å². The number of hydrogen-bond acceptors (Lipinski definition) is 3. The topological polar surface area (TPSA) is 61.4 Å². The molecule has 116 valence electrons. The van der Waals surface area contributed by atoms with E-state index in [1.807, 2.05) is 5.32 Å². The third-order valence-corrected chi connectivity index (χ3v) is 2.41. The summed E-state index contributed by atoms with van der Waals surface area (Å²) < 4.78 is 35.7. The second kappa shape index (κ2) is 7.07. The minimum atomic E-state index is -4.36. The largest absolute Gasteiger partial charge is 0.401 e. The second-order valence-electron chi connectivity index (χ2n) is 4.55. The Hall–Kier alpha value is -2.09. The highest BCUT2D eigenvalue weighted by Crippen LogP contribution is 2.13. The lowest BCUT2D eigenvalue weighted by Gasteiger charge is -2.12. The van der Waals surface area contributed by atoms with Crippen molar-refractivity contribution in [2.45, 2.75) is 6.18 Å². The first-order valence-corrected chi connectivity index (χ1v) is 6.08. The van der Waals surface area contributed by atoms with Gasteiger partial charge in [0.25, 0.3) is 5.91 Å². The number of nitrogens with zero attached hydrogens (tertiary/aromatic N) is 1. The molecule has 0 heterocycles. The van der Waals surface area contributed by atoms with Crippen molar-refractivity contribution in [3.63, 3.8) is 0 Å². The van der Waals surface area contributed by atoms with Gasteiger partial charge in [0.05, 0.1) is 13.1 Å². The van der Waals surface area contributed by atoms with Crippen LogP contribution in [0.15, 0.2) is 24.3 Å². The van der Waals surface area contributed by atoms with Crippen LogP contribution in [0, 0.1) is 0 Å². The lowest BCUT2D eigenvalue weighted by Crippen LogP contribution is -2.35. The smallest absolute Gasteiger partial charge is 0.345 e. The summed E-state index contributed by atoms with van der Waals surface area (Å²) in [4.78, 5) is 24.6. The normalized spacial score (nSPS) is 11.1. The molecule has 21 heavy (non-hydrogen) atoms. The second-order valence-corrected chi connectivity index (χ2v) is 4.55. The molecule has 0 saturated carbocycles. The Labute approximate surface area is 120 Å². The molecule has 0 aliphatic carbocycles. The van der Waals surface area contributed by atoms with Gasteiger partial charge in [0.1, 0.15) is 0 Å². The Morgan fingerprint density at radius 3 is 2.48 bits per heavy atom. The van der Waals surface area contributed by atoms with Gasteiger partial charge < -0.3 is 15.5 Å². The fraction of sp³-hybridized carbons (Fsp3) is 0.385. The molecule has 1 rings (SSSR count). The van der Waals surface area contributed by atoms with E-state index < -0.39 is 25.2 Å². The van der Waals surface area contributed by atoms with Crippen molar-refractivity contribution >= 4 is 17.5 Å². The van der Waals surface area contributed by atoms with E-state index in [2.05, 4.69) is 5.32 Å². The van der Waals surface area contributed by atoms with Crippen LogP contribution in [0.3, 0.4) is 0 Å². The molecule has 0 aromatic heterocycles. The van der Waals surface area contributed by atoms with Crippen LogP contribution >= 0.6 is 0 Å². The maximum Gasteiger partial charge on any atom is 0.401 e. The van der Waals surface area contributed by atoms with Crippen LogP contribution < -0.4 is 10.6 Å². The summed E-state index contributed by atoms with van der Waals surface area (Å²) in [7, 11) is 3.18. The molecule has 0 spiro atoms. The number of carbonyl (C=O) groups excluding carboxylic acids is 2. The van der Waals surface area contributed by atoms with Crippen LogP contribution in [0.4, 0.5) is 18.9 Å². The summed E-state index contributed by atoms with van der Waals surface area (Å²) >= 11 is 0. The molecule has 0 radical (unpaired) electrons. The number of nitrogens with one attached hydrogen (secondary N) is 2. The predicted octanol–water partition coefficient (Wildman–Crippen LogP) is 1.48. The van der Waals surface area contributed by atoms with Gasteiger partial charge in [0, 0.05) is 25.3 Å². The van der Waals surface area contributed by atoms with Crippen LogP contribution in [0.25, 0.3) is 0 Å². The molecule has 0 aliphatic rings. The van der Waals surface area contributed by atoms with E-state index in [-0.39, 0.29) is 5.91 Å². The number of benzene rings is 1. The van der Waals surface area contributed by atoms with Crippen molar-refractivity contribution in [1.29, 1.82) is 0 Å². The van der Waals surface area contributed by atoms with Crippen molar-refractivity contribution in [2.24, 2.45) is 0 Å². The molecule has 0 bridgehead atoms. The number of halogens is 3. The van der Waals surface area contributed by atoms with E-state index >= 15 is 0 Å². The quantitative estimate of drug-likeness (QED) is 0.866. The van der Waals surface area contributed by atoms with Crippen LogP contribution in [0.5, 0.6) is 0 Å². The summed E-state index contributed by atoms with van der Waals surface area (Å²) in [6.45, 7) is -1.70. The van der Waals surface area contributed by atoms with E-state index in [4.69, 9.17) is 0 Å². The molecule has 0 atom stereocenters. The highest BCUT2D eigenvalue weighted by molar-refractivity contribution is 5.97. The van der Waals surface area contributed by atoms with Gasteiger partial charge in [-0.25, -0.2) is 0 Å². The number of rotatable bonds is 5. The summed E-state index contributed by atoms with van der Waals surface area (Å²) in [6, 6.07) is 6.17. The Morgan fingerprint density at radius 2 is 1.90 bits per heavy atom. The van der Waals surface area contributed by atoms with Crippen LogP contribution in [-0.4, -0.2) is 50.1 Å². The third kappa shape index (κ3) is 6.26. The Balaban J connectivity index is 2.57. The van der Waals surface area contributed by atoms with Gasteiger partial charge in [-0.15, -0.1) is 0 Å². The number of hydrogen-bond donors (Lipinski definition) is 2. The molecule has 0 saturated heterocycles. The number of anilines is 1. The van der Waals surface area contributed by atoms with E-state index in [0.29, 0.717) is 11.3 Å². The van der Waals surface area contributed by atoms with E-state index in [1.54, 1.807) is 32.3 Å². The number of carbonyl (C=O) groups is 2. The van der Waals surface area contributed by atoms with Gasteiger partial charge in [-0.05, 0) is 18.2 Å². The van der Waals surface area contributed by atoms with Gasteiger partial charge in [-0.3, -0.25) is 9.59 Å². The Bertz CT molecular complexity index is 516. The first-order chi connectivity index (χ1) is 9.69. The monoisotopic (exact) mass is 303 g/mol. The minimum Gasteiger partial charge on any atom is -0.345 e. The van der Waals surface area contributed by atoms with E-state index in [1.165, 1.54) is 11.0 Å². The standard InChI is InChI=1S/C13H16F3N3O2/c1-19(2)12(21)9-4-3-5-10(6-9)18-11(20)7-17-8-13(14,15)16/h3-6,17H,7-8H2,1-2H3,(H,18,20). The van der Waals surface area contributed by atoms with Crippen molar-refractivity contribution < 1.29 is 22.8 Å². The predicted molar refractivity (Wildman–Crippen MR) is 72.0 cm³/mol. The highest BCUT2D eigenvalue weighted by Gasteiger charge is 2.26. The molecule has 8 heteroatoms. The third-order valence-electron chi connectivity index (χ3n) is 2.41. The van der Waals surface area contributed by atoms with Crippen LogP contribution in [-0.2, 0) is 4.79 Å². The zero-order chi connectivity index (χ0) is 16.0. The first kappa shape index (κ1) is 17.0. The lowest BCUT2D eigenvalue weighted by atomic mass is 10.2. The molecule has 5 nitrogen and oxygen atoms in total. The van der Waals surface area contributed by atoms with Crippen molar-refractivity contribution in [1.82, 2.24) is 10.2 Å². The highest BCUT2D eigenvalue weighted by atomic mass is 19.4. The van der Waals surface area contributed by atoms with Crippen LogP contribution in [0.2, 0.25) is 0 Å². The molecular weight excluding hydrogens is 287 g/mol. The fourth-order valence-electron chi connectivity index (χ4n) is 1.51. The van der Waals surface area contributed by atoms with Crippen molar-refractivity contribution in [3.05, 3.63) is 29.8 Å². The lowest BCUT2D eigenvalue weighted by molar-refractivity contribution is -0.126. The average Bonchev–Trinajstić information content (AvgIpc) is 2.36. The van der Waals surface area contributed by atoms with Crippen molar-refractivity contribution in [2.75, 3.05) is 32.5 Å². The summed E-state index contributed by atoms with van der Waals surface area (Å²) in [5.74, 6) is -0.852. The summed E-state index contributed by atoms with van der Waals surface area (Å²) in [6.07, 6.45) is -4.36. The maximum atomic E-state index is 11.9. The molecule has 2 amide bonds. The zero-order valence-corrected chi connectivity index (χ0v) is 11.6. The Kier molecular flexibility index (Phi) is 5.71. The SMILES string of the molecule is CN(C)C(=O)c1cccc(NC(=O)CNCC(F)(F)F)c1. The number of alkyl halides is 3. The molecule has 1 aromatic rings. The maximum absolute atomic E-state index is 11.9. The zero-order valence-electron chi connectivity index (χ0n) is 11.6. The number of amides is 2. The summed E-state index contributed by atoms with van der Waals surface area (Å²) in [5.41, 5.74) is 0.725. The molecule has 0 aliphatic heterocycles. The molecule has 2 N–H and O–H groups in total. The van der Waals surface area contributed by atoms with Crippen LogP contribution in [0.1, 0.15) is 10.4 Å². The minimum absolute atomic E-state index is 0.235. The molecular formula is C13H16F3N3O2. The first-order valence-electron chi connectivity index (χ1n) is 6.08. The van der Waals surface area contributed by atoms with Gasteiger partial charge in [-0.1, -0.05) is 6.07 Å². The Morgan fingerprint density at radius 1 is 1.24 bits per heavy atom. The average molecular weight is 303 g/mol.